The molecule has 1 unspecified atom stereocenters. The quantitative estimate of drug-likeness (QED) is 0.756. The predicted molar refractivity (Wildman–Crippen MR) is 67.6 cm³/mol. The number of hydrogen-bond acceptors (Lipinski definition) is 1. The highest BCUT2D eigenvalue weighted by atomic mass is 16.1. The molecule has 1 fully saturated rings. The van der Waals surface area contributed by atoms with Crippen molar-refractivity contribution in [2.24, 2.45) is 11.7 Å². The van der Waals surface area contributed by atoms with Gasteiger partial charge in [-0.1, -0.05) is 30.3 Å². The first-order chi connectivity index (χ1) is 8.25. The second-order valence-corrected chi connectivity index (χ2v) is 4.93. The molecule has 3 N–H and O–H groups in total. The van der Waals surface area contributed by atoms with E-state index in [2.05, 4.69) is 24.3 Å². The third kappa shape index (κ3) is 3.56. The van der Waals surface area contributed by atoms with Crippen molar-refractivity contribution in [3.63, 3.8) is 0 Å². The molecule has 0 bridgehead atoms. The fraction of sp³-hybridized carbons (Fsp3) is 0.500. The molecule has 0 aromatic heterocycles. The maximum atomic E-state index is 11.2. The van der Waals surface area contributed by atoms with E-state index in [0.717, 1.165) is 32.4 Å². The minimum atomic E-state index is -0.123. The molecule has 1 aliphatic rings. The summed E-state index contributed by atoms with van der Waals surface area (Å²) < 4.78 is 0. The van der Waals surface area contributed by atoms with E-state index < -0.39 is 0 Å². The molecular formula is C14H21N2O+. The summed E-state index contributed by atoms with van der Waals surface area (Å²) in [6.45, 7) is 3.20. The SMILES string of the molecule is NC(=O)[C@@H]1CCC[NH+](CCc2ccccc2)C1. The maximum Gasteiger partial charge on any atom is 0.226 e. The van der Waals surface area contributed by atoms with Crippen LogP contribution < -0.4 is 10.6 Å². The van der Waals surface area contributed by atoms with Gasteiger partial charge in [-0.2, -0.15) is 0 Å². The Morgan fingerprint density at radius 3 is 2.82 bits per heavy atom. The average molecular weight is 233 g/mol. The van der Waals surface area contributed by atoms with Gasteiger partial charge in [-0.05, 0) is 18.4 Å². The number of carbonyl (C=O) groups excluding carboxylic acids is 1. The van der Waals surface area contributed by atoms with Gasteiger partial charge in [0.05, 0.1) is 25.6 Å². The van der Waals surface area contributed by atoms with Crippen LogP contribution in [0.3, 0.4) is 0 Å². The molecule has 17 heavy (non-hydrogen) atoms. The van der Waals surface area contributed by atoms with Gasteiger partial charge in [-0.25, -0.2) is 0 Å². The molecule has 0 saturated carbocycles. The van der Waals surface area contributed by atoms with Crippen molar-refractivity contribution in [2.75, 3.05) is 19.6 Å². The first-order valence-corrected chi connectivity index (χ1v) is 6.42. The molecule has 1 aliphatic heterocycles. The maximum absolute atomic E-state index is 11.2. The van der Waals surface area contributed by atoms with E-state index in [1.165, 1.54) is 17.0 Å². The van der Waals surface area contributed by atoms with Gasteiger partial charge in [-0.3, -0.25) is 4.79 Å². The van der Waals surface area contributed by atoms with Gasteiger partial charge in [0.2, 0.25) is 5.91 Å². The van der Waals surface area contributed by atoms with Gasteiger partial charge in [0.1, 0.15) is 0 Å². The van der Waals surface area contributed by atoms with Crippen LogP contribution in [0.2, 0.25) is 0 Å². The predicted octanol–water partition coefficient (Wildman–Crippen LogP) is 0.00930. The van der Waals surface area contributed by atoms with E-state index in [4.69, 9.17) is 5.73 Å². The highest BCUT2D eigenvalue weighted by molar-refractivity contribution is 5.76. The Morgan fingerprint density at radius 2 is 2.12 bits per heavy atom. The normalized spacial score (nSPS) is 24.5. The number of piperidine rings is 1. The second-order valence-electron chi connectivity index (χ2n) is 4.93. The summed E-state index contributed by atoms with van der Waals surface area (Å²) in [5.41, 5.74) is 6.76. The summed E-state index contributed by atoms with van der Waals surface area (Å²) in [5, 5.41) is 0. The molecule has 3 nitrogen and oxygen atoms in total. The lowest BCUT2D eigenvalue weighted by atomic mass is 9.97. The van der Waals surface area contributed by atoms with E-state index in [1.54, 1.807) is 0 Å². The van der Waals surface area contributed by atoms with Crippen LogP contribution in [-0.4, -0.2) is 25.5 Å². The largest absolute Gasteiger partial charge is 0.369 e. The van der Waals surface area contributed by atoms with Crippen LogP contribution in [0.15, 0.2) is 30.3 Å². The molecular weight excluding hydrogens is 212 g/mol. The third-order valence-electron chi connectivity index (χ3n) is 3.63. The number of likely N-dealkylation sites (tertiary alicyclic amines) is 1. The molecule has 0 spiro atoms. The van der Waals surface area contributed by atoms with Crippen LogP contribution in [0.25, 0.3) is 0 Å². The summed E-state index contributed by atoms with van der Waals surface area (Å²) in [6.07, 6.45) is 3.18. The summed E-state index contributed by atoms with van der Waals surface area (Å²) in [7, 11) is 0. The Balaban J connectivity index is 1.81. The molecule has 1 aromatic rings. The fourth-order valence-electron chi connectivity index (χ4n) is 2.59. The molecule has 92 valence electrons. The van der Waals surface area contributed by atoms with Crippen LogP contribution in [0, 0.1) is 5.92 Å². The van der Waals surface area contributed by atoms with E-state index in [-0.39, 0.29) is 11.8 Å². The van der Waals surface area contributed by atoms with E-state index >= 15 is 0 Å². The van der Waals surface area contributed by atoms with E-state index in [9.17, 15) is 4.79 Å². The van der Waals surface area contributed by atoms with E-state index in [1.807, 2.05) is 6.07 Å². The van der Waals surface area contributed by atoms with Crippen LogP contribution in [0.1, 0.15) is 18.4 Å². The first-order valence-electron chi connectivity index (χ1n) is 6.42. The molecule has 0 radical (unpaired) electrons. The number of hydrogen-bond donors (Lipinski definition) is 2. The van der Waals surface area contributed by atoms with Gasteiger partial charge in [-0.15, -0.1) is 0 Å². The molecule has 1 aromatic carbocycles. The van der Waals surface area contributed by atoms with Gasteiger partial charge >= 0.3 is 0 Å². The standard InChI is InChI=1S/C14H20N2O/c15-14(17)13-7-4-9-16(11-13)10-8-12-5-2-1-3-6-12/h1-3,5-6,13H,4,7-11H2,(H2,15,17)/p+1/t13-/m1/s1. The summed E-state index contributed by atoms with van der Waals surface area (Å²) in [6, 6.07) is 10.5. The molecule has 3 heteroatoms. The lowest BCUT2D eigenvalue weighted by Gasteiger charge is -2.28. The van der Waals surface area contributed by atoms with Crippen LogP contribution in [0.5, 0.6) is 0 Å². The second kappa shape index (κ2) is 5.82. The van der Waals surface area contributed by atoms with Crippen molar-refractivity contribution in [2.45, 2.75) is 19.3 Å². The number of primary amides is 1. The number of nitrogens with two attached hydrogens (primary N) is 1. The Morgan fingerprint density at radius 1 is 1.35 bits per heavy atom. The number of quaternary nitrogens is 1. The number of nitrogens with one attached hydrogen (secondary N) is 1. The van der Waals surface area contributed by atoms with E-state index in [0.29, 0.717) is 0 Å². The highest BCUT2D eigenvalue weighted by Crippen LogP contribution is 2.06. The first kappa shape index (κ1) is 12.1. The van der Waals surface area contributed by atoms with Crippen LogP contribution in [-0.2, 0) is 11.2 Å². The minimum Gasteiger partial charge on any atom is -0.369 e. The monoisotopic (exact) mass is 233 g/mol. The molecule has 1 saturated heterocycles. The van der Waals surface area contributed by atoms with Crippen molar-refractivity contribution in [3.05, 3.63) is 35.9 Å². The Hall–Kier alpha value is -1.35. The Kier molecular flexibility index (Phi) is 4.15. The molecule has 2 rings (SSSR count). The Bertz CT molecular complexity index is 364. The van der Waals surface area contributed by atoms with Crippen molar-refractivity contribution < 1.29 is 9.69 Å². The summed E-state index contributed by atoms with van der Waals surface area (Å²) >= 11 is 0. The van der Waals surface area contributed by atoms with Gasteiger partial charge in [0, 0.05) is 6.42 Å². The lowest BCUT2D eigenvalue weighted by molar-refractivity contribution is -0.907. The zero-order valence-corrected chi connectivity index (χ0v) is 10.2. The van der Waals surface area contributed by atoms with Gasteiger partial charge < -0.3 is 10.6 Å². The highest BCUT2D eigenvalue weighted by Gasteiger charge is 2.26. The summed E-state index contributed by atoms with van der Waals surface area (Å²) in [4.78, 5) is 12.7. The van der Waals surface area contributed by atoms with Crippen LogP contribution >= 0.6 is 0 Å². The summed E-state index contributed by atoms with van der Waals surface area (Å²) in [5.74, 6) is -0.0311. The van der Waals surface area contributed by atoms with Gasteiger partial charge in [0.25, 0.3) is 0 Å². The Labute approximate surface area is 103 Å². The number of benzene rings is 1. The average Bonchev–Trinajstić information content (AvgIpc) is 2.38. The number of amides is 1. The van der Waals surface area contributed by atoms with Crippen molar-refractivity contribution in [1.29, 1.82) is 0 Å². The lowest BCUT2D eigenvalue weighted by Crippen LogP contribution is -3.14. The molecule has 2 atom stereocenters. The molecule has 1 heterocycles. The zero-order valence-electron chi connectivity index (χ0n) is 10.2. The number of carbonyl (C=O) groups is 1. The van der Waals surface area contributed by atoms with Gasteiger partial charge in [0.15, 0.2) is 0 Å². The molecule has 0 aliphatic carbocycles. The zero-order chi connectivity index (χ0) is 12.1. The van der Waals surface area contributed by atoms with Crippen molar-refractivity contribution >= 4 is 5.91 Å². The topological polar surface area (TPSA) is 47.5 Å². The fourth-order valence-corrected chi connectivity index (χ4v) is 2.59. The van der Waals surface area contributed by atoms with Crippen molar-refractivity contribution in [1.82, 2.24) is 0 Å². The van der Waals surface area contributed by atoms with Crippen molar-refractivity contribution in [3.8, 4) is 0 Å². The molecule has 1 amide bonds. The smallest absolute Gasteiger partial charge is 0.226 e. The number of rotatable bonds is 4. The third-order valence-corrected chi connectivity index (χ3v) is 3.63. The minimum absolute atomic E-state index is 0.0922. The van der Waals surface area contributed by atoms with Crippen LogP contribution in [0.4, 0.5) is 0 Å².